The van der Waals surface area contributed by atoms with Crippen LogP contribution in [-0.4, -0.2) is 28.2 Å². The number of hydrogen-bond donors (Lipinski definition) is 0. The van der Waals surface area contributed by atoms with Crippen LogP contribution < -0.4 is 0 Å². The van der Waals surface area contributed by atoms with Gasteiger partial charge in [-0.2, -0.15) is 0 Å². The Balaban J connectivity index is 0.831. The Bertz CT molecular complexity index is 6520. The number of rotatable bonds is 8. The van der Waals surface area contributed by atoms with Crippen molar-refractivity contribution in [3.63, 3.8) is 0 Å². The van der Waals surface area contributed by atoms with Gasteiger partial charge in [-0.3, -0.25) is 0 Å². The molecule has 1 aliphatic rings. The van der Waals surface area contributed by atoms with Crippen LogP contribution in [0.25, 0.3) is 188 Å². The van der Waals surface area contributed by atoms with E-state index in [9.17, 15) is 0 Å². The summed E-state index contributed by atoms with van der Waals surface area (Å²) in [6, 6.07) is 121. The number of para-hydroxylation sites is 6. The van der Waals surface area contributed by atoms with Gasteiger partial charge in [0, 0.05) is 93.2 Å². The average Bonchev–Trinajstić information content (AvgIpc) is 1.61. The summed E-state index contributed by atoms with van der Waals surface area (Å²) in [5.41, 5.74) is 26.6. The highest BCUT2D eigenvalue weighted by molar-refractivity contribution is 6.16. The van der Waals surface area contributed by atoms with E-state index in [0.29, 0.717) is 5.82 Å². The first kappa shape index (κ1) is 55.4. The predicted molar refractivity (Wildman–Crippen MR) is 414 cm³/mol. The molecule has 20 aromatic rings. The van der Waals surface area contributed by atoms with Crippen molar-refractivity contribution in [2.24, 2.45) is 0 Å². The van der Waals surface area contributed by atoms with E-state index in [-0.39, 0.29) is 5.41 Å². The SMILES string of the molecule is CC1(C)c2ccccc2-c2cccc(-c3nc(-c4cc(-n5c6ccccc6c6ccc(-c7ccc8c(c7)c7ccccc7n8-c7ccccc7)cc65)cc(-n5c6ccccc6c6ccc(-c7ccc8c(c7)c7ccccc7n8-c7ccccc7)cc65)c4)c4ccc5ccccc5c4n3)c21. The fourth-order valence-electron chi connectivity index (χ4n) is 17.1. The summed E-state index contributed by atoms with van der Waals surface area (Å²) < 4.78 is 9.79. The number of hydrogen-bond acceptors (Lipinski definition) is 2. The zero-order chi connectivity index (χ0) is 65.2. The van der Waals surface area contributed by atoms with E-state index in [1.54, 1.807) is 0 Å². The molecule has 0 N–H and O–H groups in total. The van der Waals surface area contributed by atoms with Crippen LogP contribution in [0.2, 0.25) is 0 Å². The Morgan fingerprint density at radius 2 is 0.646 bits per heavy atom. The molecule has 0 unspecified atom stereocenters. The van der Waals surface area contributed by atoms with E-state index in [1.807, 2.05) is 0 Å². The molecule has 6 heteroatoms. The fourth-order valence-corrected chi connectivity index (χ4v) is 17.1. The average molecular weight is 1260 g/mol. The molecule has 0 saturated carbocycles. The molecule has 5 heterocycles. The Labute approximate surface area is 570 Å². The van der Waals surface area contributed by atoms with E-state index in [1.165, 1.54) is 87.4 Å². The van der Waals surface area contributed by atoms with Crippen LogP contribution in [0.4, 0.5) is 0 Å². The molecule has 1 aliphatic carbocycles. The molecule has 0 spiro atoms. The second-order valence-electron chi connectivity index (χ2n) is 27.2. The van der Waals surface area contributed by atoms with E-state index in [0.717, 1.165) is 106 Å². The molecule has 15 aromatic carbocycles. The molecule has 0 aliphatic heterocycles. The molecule has 5 aromatic heterocycles. The molecule has 462 valence electrons. The minimum Gasteiger partial charge on any atom is -0.309 e. The molecule has 0 radical (unpaired) electrons. The second kappa shape index (κ2) is 21.0. The minimum atomic E-state index is -0.308. The topological polar surface area (TPSA) is 45.5 Å². The standard InChI is InChI=1S/C93H60N6/c1-93(2)80-35-16-11-28-68(80)75-33-21-34-76(89(75)93)92-94-90(77-47-40-57-22-9-10-27-67(57)91(77)95-92)62-50-65(98-81-36-17-12-29-69(81)73-45-41-60(54-87(73)98)58-43-48-85-78(52-58)71-31-14-19-38-83(71)96(85)63-23-5-3-6-24-63)56-66(51-62)99-82-37-18-13-30-70(82)74-46-42-61(55-88(74)99)59-44-49-86-79(53-59)72-32-15-20-39-84(72)97(86)64-25-7-4-8-26-64/h3-56H,1-2H3. The molecule has 0 amide bonds. The summed E-state index contributed by atoms with van der Waals surface area (Å²) in [6.07, 6.45) is 0. The largest absolute Gasteiger partial charge is 0.309 e. The van der Waals surface area contributed by atoms with Crippen LogP contribution in [0.5, 0.6) is 0 Å². The first-order valence-corrected chi connectivity index (χ1v) is 34.2. The maximum Gasteiger partial charge on any atom is 0.160 e. The maximum atomic E-state index is 5.96. The fraction of sp³-hybridized carbons (Fsp3) is 0.0323. The summed E-state index contributed by atoms with van der Waals surface area (Å²) in [6.45, 7) is 4.71. The minimum absolute atomic E-state index is 0.308. The van der Waals surface area contributed by atoms with Crippen LogP contribution in [0.3, 0.4) is 0 Å². The van der Waals surface area contributed by atoms with Crippen molar-refractivity contribution in [2.45, 2.75) is 19.3 Å². The maximum absolute atomic E-state index is 5.96. The van der Waals surface area contributed by atoms with Crippen LogP contribution in [0.15, 0.2) is 328 Å². The first-order chi connectivity index (χ1) is 48.9. The van der Waals surface area contributed by atoms with Gasteiger partial charge in [0.1, 0.15) is 0 Å². The number of aromatic nitrogens is 6. The third-order valence-electron chi connectivity index (χ3n) is 21.5. The lowest BCUT2D eigenvalue weighted by atomic mass is 9.80. The summed E-state index contributed by atoms with van der Waals surface area (Å²) >= 11 is 0. The van der Waals surface area contributed by atoms with Gasteiger partial charge in [-0.15, -0.1) is 0 Å². The molecular formula is C93H60N6. The molecule has 6 nitrogen and oxygen atoms in total. The van der Waals surface area contributed by atoms with Crippen LogP contribution in [0, 0.1) is 0 Å². The molecule has 0 bridgehead atoms. The zero-order valence-electron chi connectivity index (χ0n) is 54.4. The smallest absolute Gasteiger partial charge is 0.160 e. The van der Waals surface area contributed by atoms with E-state index in [4.69, 9.17) is 9.97 Å². The van der Waals surface area contributed by atoms with Gasteiger partial charge in [0.05, 0.1) is 55.3 Å². The predicted octanol–water partition coefficient (Wildman–Crippen LogP) is 24.1. The van der Waals surface area contributed by atoms with Gasteiger partial charge in [-0.25, -0.2) is 9.97 Å². The van der Waals surface area contributed by atoms with Crippen molar-refractivity contribution < 1.29 is 0 Å². The van der Waals surface area contributed by atoms with Crippen molar-refractivity contribution in [1.82, 2.24) is 28.2 Å². The van der Waals surface area contributed by atoms with Crippen molar-refractivity contribution in [1.29, 1.82) is 0 Å². The molecule has 0 atom stereocenters. The summed E-state index contributed by atoms with van der Waals surface area (Å²) in [5.74, 6) is 0.703. The highest BCUT2D eigenvalue weighted by Gasteiger charge is 2.38. The third-order valence-corrected chi connectivity index (χ3v) is 21.5. The molecule has 21 rings (SSSR count). The monoisotopic (exact) mass is 1260 g/mol. The zero-order valence-corrected chi connectivity index (χ0v) is 54.4. The van der Waals surface area contributed by atoms with Gasteiger partial charge in [0.2, 0.25) is 0 Å². The van der Waals surface area contributed by atoms with Gasteiger partial charge >= 0.3 is 0 Å². The van der Waals surface area contributed by atoms with Gasteiger partial charge in [-0.05, 0) is 159 Å². The van der Waals surface area contributed by atoms with Crippen LogP contribution in [-0.2, 0) is 5.41 Å². The first-order valence-electron chi connectivity index (χ1n) is 34.2. The van der Waals surface area contributed by atoms with Crippen molar-refractivity contribution in [3.8, 4) is 78.8 Å². The molecular weight excluding hydrogens is 1200 g/mol. The lowest BCUT2D eigenvalue weighted by Crippen LogP contribution is -2.16. The summed E-state index contributed by atoms with van der Waals surface area (Å²) in [4.78, 5) is 11.7. The van der Waals surface area contributed by atoms with Gasteiger partial charge in [0.15, 0.2) is 5.82 Å². The quantitative estimate of drug-likeness (QED) is 0.142. The summed E-state index contributed by atoms with van der Waals surface area (Å²) in [5, 5.41) is 12.8. The Hall–Kier alpha value is -12.9. The third kappa shape index (κ3) is 8.18. The number of nitrogens with zero attached hydrogens (tertiary/aromatic N) is 6. The van der Waals surface area contributed by atoms with Crippen LogP contribution >= 0.6 is 0 Å². The number of fused-ring (bicyclic) bond motifs is 18. The molecule has 0 fully saturated rings. The molecule has 0 saturated heterocycles. The van der Waals surface area contributed by atoms with Crippen molar-refractivity contribution >= 4 is 109 Å². The number of benzene rings is 15. The molecule has 99 heavy (non-hydrogen) atoms. The second-order valence-corrected chi connectivity index (χ2v) is 27.2. The van der Waals surface area contributed by atoms with Crippen molar-refractivity contribution in [3.05, 3.63) is 339 Å². The van der Waals surface area contributed by atoms with Crippen LogP contribution in [0.1, 0.15) is 25.0 Å². The normalized spacial score (nSPS) is 12.8. The highest BCUT2D eigenvalue weighted by Crippen LogP contribution is 2.53. The van der Waals surface area contributed by atoms with Gasteiger partial charge in [-0.1, -0.05) is 232 Å². The van der Waals surface area contributed by atoms with E-state index >= 15 is 0 Å². The lowest BCUT2D eigenvalue weighted by molar-refractivity contribution is 0.661. The van der Waals surface area contributed by atoms with Gasteiger partial charge < -0.3 is 18.3 Å². The Morgan fingerprint density at radius 1 is 0.242 bits per heavy atom. The van der Waals surface area contributed by atoms with Gasteiger partial charge in [0.25, 0.3) is 0 Å². The van der Waals surface area contributed by atoms with E-state index in [2.05, 4.69) is 360 Å². The highest BCUT2D eigenvalue weighted by atomic mass is 15.0. The lowest BCUT2D eigenvalue weighted by Gasteiger charge is -2.24. The van der Waals surface area contributed by atoms with Crippen molar-refractivity contribution in [2.75, 3.05) is 0 Å². The van der Waals surface area contributed by atoms with E-state index < -0.39 is 0 Å². The summed E-state index contributed by atoms with van der Waals surface area (Å²) in [7, 11) is 0. The Kier molecular flexibility index (Phi) is 11.8. The Morgan fingerprint density at radius 3 is 1.20 bits per heavy atom.